The lowest BCUT2D eigenvalue weighted by molar-refractivity contribution is -0.0122. The van der Waals surface area contributed by atoms with E-state index in [-0.39, 0.29) is 11.5 Å². The fourth-order valence-electron chi connectivity index (χ4n) is 3.64. The van der Waals surface area contributed by atoms with Crippen LogP contribution in [0.25, 0.3) is 0 Å². The number of ether oxygens (including phenoxy) is 1. The van der Waals surface area contributed by atoms with Crippen molar-refractivity contribution in [2.45, 2.75) is 65.4 Å². The van der Waals surface area contributed by atoms with Crippen molar-refractivity contribution < 1.29 is 14.9 Å². The molecule has 2 aromatic carbocycles. The van der Waals surface area contributed by atoms with Crippen molar-refractivity contribution in [3.8, 4) is 17.2 Å². The minimum atomic E-state index is -0.497. The first-order chi connectivity index (χ1) is 15.5. The zero-order chi connectivity index (χ0) is 24.6. The van der Waals surface area contributed by atoms with E-state index < -0.39 is 5.60 Å². The van der Waals surface area contributed by atoms with Crippen LogP contribution in [0.2, 0.25) is 15.1 Å². The summed E-state index contributed by atoms with van der Waals surface area (Å²) in [6.45, 7) is 8.42. The summed E-state index contributed by atoms with van der Waals surface area (Å²) in [5.74, 6) is 1.08. The predicted molar refractivity (Wildman–Crippen MR) is 140 cm³/mol. The van der Waals surface area contributed by atoms with E-state index >= 15 is 0 Å². The molecule has 33 heavy (non-hydrogen) atoms. The number of benzene rings is 2. The molecule has 0 amide bonds. The summed E-state index contributed by atoms with van der Waals surface area (Å²) >= 11 is 17.4. The lowest BCUT2D eigenvalue weighted by Gasteiger charge is -2.34. The van der Waals surface area contributed by atoms with Gasteiger partial charge in [0.15, 0.2) is 11.5 Å². The van der Waals surface area contributed by atoms with Crippen LogP contribution in [0.15, 0.2) is 59.7 Å². The number of aliphatic hydroxyl groups is 1. The Balaban J connectivity index is 0.000000234. The molecule has 2 N–H and O–H groups in total. The third-order valence-corrected chi connectivity index (χ3v) is 6.52. The molecule has 1 aliphatic rings. The van der Waals surface area contributed by atoms with Gasteiger partial charge in [0, 0.05) is 16.1 Å². The van der Waals surface area contributed by atoms with Crippen molar-refractivity contribution in [2.24, 2.45) is 5.92 Å². The summed E-state index contributed by atoms with van der Waals surface area (Å²) in [6, 6.07) is 9.39. The van der Waals surface area contributed by atoms with Crippen LogP contribution in [0.1, 0.15) is 59.8 Å². The van der Waals surface area contributed by atoms with Crippen molar-refractivity contribution in [3.05, 3.63) is 74.8 Å². The van der Waals surface area contributed by atoms with Crippen molar-refractivity contribution in [2.75, 3.05) is 0 Å². The van der Waals surface area contributed by atoms with E-state index in [1.807, 2.05) is 6.92 Å². The summed E-state index contributed by atoms with van der Waals surface area (Å²) < 4.78 is 5.45. The second-order valence-electron chi connectivity index (χ2n) is 8.99. The highest BCUT2D eigenvalue weighted by Gasteiger charge is 2.31. The Hall–Kier alpha value is -1.65. The number of hydrogen-bond donors (Lipinski definition) is 2. The smallest absolute Gasteiger partial charge is 0.169 e. The topological polar surface area (TPSA) is 49.7 Å². The van der Waals surface area contributed by atoms with Gasteiger partial charge in [-0.25, -0.2) is 0 Å². The fraction of sp³-hybridized carbons (Fsp3) is 0.407. The van der Waals surface area contributed by atoms with E-state index in [1.165, 1.54) is 17.2 Å². The second-order valence-corrected chi connectivity index (χ2v) is 10.3. The van der Waals surface area contributed by atoms with Crippen molar-refractivity contribution in [3.63, 3.8) is 0 Å². The lowest BCUT2D eigenvalue weighted by atomic mass is 9.76. The van der Waals surface area contributed by atoms with E-state index in [0.717, 1.165) is 32.1 Å². The molecule has 2 atom stereocenters. The normalized spacial score (nSPS) is 17.2. The third-order valence-electron chi connectivity index (χ3n) is 5.76. The van der Waals surface area contributed by atoms with E-state index in [4.69, 9.17) is 39.5 Å². The van der Waals surface area contributed by atoms with Crippen LogP contribution < -0.4 is 4.74 Å². The average Bonchev–Trinajstić information content (AvgIpc) is 2.72. The van der Waals surface area contributed by atoms with E-state index in [9.17, 15) is 10.2 Å². The minimum absolute atomic E-state index is 0.0523. The molecule has 0 aromatic heterocycles. The molecular weight excluding hydrogens is 479 g/mol. The zero-order valence-electron chi connectivity index (χ0n) is 19.7. The summed E-state index contributed by atoms with van der Waals surface area (Å²) in [5, 5.41) is 21.4. The van der Waals surface area contributed by atoms with Gasteiger partial charge in [-0.15, -0.1) is 0 Å². The molecule has 2 aromatic rings. The first kappa shape index (κ1) is 27.6. The predicted octanol–water partition coefficient (Wildman–Crippen LogP) is 9.37. The van der Waals surface area contributed by atoms with Crippen molar-refractivity contribution in [1.29, 1.82) is 0 Å². The molecule has 0 saturated carbocycles. The van der Waals surface area contributed by atoms with Gasteiger partial charge in [0.05, 0.1) is 10.6 Å². The van der Waals surface area contributed by atoms with Gasteiger partial charge >= 0.3 is 0 Å². The molecule has 6 heteroatoms. The van der Waals surface area contributed by atoms with Crippen LogP contribution in [-0.4, -0.2) is 15.8 Å². The Morgan fingerprint density at radius 1 is 1.09 bits per heavy atom. The maximum atomic E-state index is 10.5. The number of phenolic OH excluding ortho intramolecular Hbond substituents is 1. The van der Waals surface area contributed by atoms with Gasteiger partial charge < -0.3 is 14.9 Å². The van der Waals surface area contributed by atoms with Crippen molar-refractivity contribution >= 4 is 34.8 Å². The summed E-state index contributed by atoms with van der Waals surface area (Å²) in [5.41, 5.74) is 2.33. The Morgan fingerprint density at radius 2 is 1.73 bits per heavy atom. The number of halogens is 3. The molecule has 3 nitrogen and oxygen atoms in total. The molecule has 0 spiro atoms. The molecular formula is C27H33Cl3O3. The molecule has 0 bridgehead atoms. The van der Waals surface area contributed by atoms with Crippen LogP contribution in [0.4, 0.5) is 0 Å². The minimum Gasteiger partial charge on any atom is -0.504 e. The SMILES string of the molecule is CC(C)=CCC[C@@](C)(O)[C@H]1CC=C(C)CC1.Oc1cc(Cl)ccc1Oc1ccc(Cl)cc1Cl. The number of phenols is 1. The van der Waals surface area contributed by atoms with Gasteiger partial charge in [-0.05, 0) is 96.0 Å². The number of allylic oxidation sites excluding steroid dienone is 4. The molecule has 0 aliphatic heterocycles. The van der Waals surface area contributed by atoms with Gasteiger partial charge in [0.2, 0.25) is 0 Å². The van der Waals surface area contributed by atoms with Gasteiger partial charge in [0.25, 0.3) is 0 Å². The van der Waals surface area contributed by atoms with E-state index in [1.54, 1.807) is 30.3 Å². The molecule has 0 heterocycles. The molecule has 0 radical (unpaired) electrons. The molecule has 1 aliphatic carbocycles. The van der Waals surface area contributed by atoms with Crippen molar-refractivity contribution in [1.82, 2.24) is 0 Å². The average molecular weight is 512 g/mol. The second kappa shape index (κ2) is 12.7. The van der Waals surface area contributed by atoms with Gasteiger partial charge in [-0.1, -0.05) is 58.1 Å². The maximum Gasteiger partial charge on any atom is 0.169 e. The monoisotopic (exact) mass is 510 g/mol. The third kappa shape index (κ3) is 9.25. The van der Waals surface area contributed by atoms with Gasteiger partial charge in [-0.2, -0.15) is 0 Å². The van der Waals surface area contributed by atoms with E-state index in [2.05, 4.69) is 32.9 Å². The quantitative estimate of drug-likeness (QED) is 0.380. The number of aromatic hydroxyl groups is 1. The summed E-state index contributed by atoms with van der Waals surface area (Å²) in [4.78, 5) is 0. The Labute approximate surface area is 212 Å². The van der Waals surface area contributed by atoms with Gasteiger partial charge in [-0.3, -0.25) is 0 Å². The first-order valence-electron chi connectivity index (χ1n) is 11.1. The standard InChI is InChI=1S/C15H26O.C12H7Cl3O2/c1-12(2)6-5-11-15(4,16)14-9-7-13(3)8-10-14;13-7-1-3-11(9(15)5-7)17-12-4-2-8(14)6-10(12)16/h6-7,14,16H,5,8-11H2,1-4H3;1-6,16H/t14-,15+;/m0./s1. The largest absolute Gasteiger partial charge is 0.504 e. The Bertz CT molecular complexity index is 943. The van der Waals surface area contributed by atoms with Crippen LogP contribution in [0.5, 0.6) is 17.2 Å². The number of rotatable bonds is 6. The molecule has 180 valence electrons. The van der Waals surface area contributed by atoms with Gasteiger partial charge in [0.1, 0.15) is 5.75 Å². The summed E-state index contributed by atoms with van der Waals surface area (Å²) in [7, 11) is 0. The highest BCUT2D eigenvalue weighted by atomic mass is 35.5. The fourth-order valence-corrected chi connectivity index (χ4v) is 4.25. The molecule has 3 rings (SSSR count). The van der Waals surface area contributed by atoms with E-state index in [0.29, 0.717) is 26.7 Å². The van der Waals surface area contributed by atoms with Crippen LogP contribution in [0.3, 0.4) is 0 Å². The first-order valence-corrected chi connectivity index (χ1v) is 12.2. The molecule has 0 saturated heterocycles. The van der Waals surface area contributed by atoms with Crippen LogP contribution in [0, 0.1) is 5.92 Å². The maximum absolute atomic E-state index is 10.5. The highest BCUT2D eigenvalue weighted by Crippen LogP contribution is 2.37. The number of hydrogen-bond acceptors (Lipinski definition) is 3. The Morgan fingerprint density at radius 3 is 2.27 bits per heavy atom. The zero-order valence-corrected chi connectivity index (χ0v) is 21.9. The van der Waals surface area contributed by atoms with Crippen LogP contribution >= 0.6 is 34.8 Å². The molecule has 0 fully saturated rings. The Kier molecular flexibility index (Phi) is 10.6. The van der Waals surface area contributed by atoms with Crippen LogP contribution in [-0.2, 0) is 0 Å². The highest BCUT2D eigenvalue weighted by molar-refractivity contribution is 6.35. The summed E-state index contributed by atoms with van der Waals surface area (Å²) in [6.07, 6.45) is 9.74. The lowest BCUT2D eigenvalue weighted by Crippen LogP contribution is -2.35. The molecule has 0 unspecified atom stereocenters.